The summed E-state index contributed by atoms with van der Waals surface area (Å²) in [6.45, 7) is 4.23. The molecule has 0 bridgehead atoms. The fraction of sp³-hybridized carbons (Fsp3) is 0.333. The molecule has 0 fully saturated rings. The first-order valence-corrected chi connectivity index (χ1v) is 6.23. The first-order chi connectivity index (χ1) is 8.20. The van der Waals surface area contributed by atoms with Gasteiger partial charge in [-0.25, -0.2) is 0 Å². The number of aryl methyl sites for hydroxylation is 2. The predicted octanol–water partition coefficient (Wildman–Crippen LogP) is 1.90. The van der Waals surface area contributed by atoms with Crippen molar-refractivity contribution in [2.24, 2.45) is 5.84 Å². The fourth-order valence-corrected chi connectivity index (χ4v) is 2.21. The number of hydrogen-bond donors (Lipinski definition) is 2. The third-order valence-electron chi connectivity index (χ3n) is 2.95. The Labute approximate surface area is 105 Å². The van der Waals surface area contributed by atoms with Crippen LogP contribution in [0.4, 0.5) is 0 Å². The van der Waals surface area contributed by atoms with Crippen LogP contribution >= 0.6 is 11.7 Å². The predicted molar refractivity (Wildman–Crippen MR) is 69.6 cm³/mol. The van der Waals surface area contributed by atoms with Crippen LogP contribution in [0, 0.1) is 13.8 Å². The second kappa shape index (κ2) is 5.35. The van der Waals surface area contributed by atoms with E-state index in [1.165, 1.54) is 28.4 Å². The maximum Gasteiger partial charge on any atom is 0.0929 e. The number of rotatable bonds is 4. The van der Waals surface area contributed by atoms with Crippen molar-refractivity contribution >= 4 is 11.7 Å². The molecule has 0 amide bonds. The fourth-order valence-electron chi connectivity index (χ4n) is 1.74. The van der Waals surface area contributed by atoms with Crippen molar-refractivity contribution in [1.29, 1.82) is 0 Å². The lowest BCUT2D eigenvalue weighted by Gasteiger charge is -2.13. The van der Waals surface area contributed by atoms with Crippen molar-refractivity contribution in [3.05, 3.63) is 46.8 Å². The van der Waals surface area contributed by atoms with E-state index in [-0.39, 0.29) is 6.04 Å². The van der Waals surface area contributed by atoms with Gasteiger partial charge in [-0.1, -0.05) is 18.2 Å². The minimum atomic E-state index is 0.0239. The van der Waals surface area contributed by atoms with Crippen LogP contribution in [0.25, 0.3) is 0 Å². The van der Waals surface area contributed by atoms with Gasteiger partial charge in [-0.3, -0.25) is 11.3 Å². The van der Waals surface area contributed by atoms with Crippen molar-refractivity contribution in [2.75, 3.05) is 0 Å². The summed E-state index contributed by atoms with van der Waals surface area (Å²) in [6.07, 6.45) is 2.58. The smallest absolute Gasteiger partial charge is 0.0929 e. The van der Waals surface area contributed by atoms with E-state index < -0.39 is 0 Å². The summed E-state index contributed by atoms with van der Waals surface area (Å²) < 4.78 is 8.21. The Morgan fingerprint density at radius 1 is 1.35 bits per heavy atom. The van der Waals surface area contributed by atoms with E-state index in [0.717, 1.165) is 12.1 Å². The molecule has 1 heterocycles. The van der Waals surface area contributed by atoms with E-state index in [2.05, 4.69) is 46.2 Å². The van der Waals surface area contributed by atoms with Gasteiger partial charge in [0.05, 0.1) is 29.7 Å². The Kier molecular flexibility index (Phi) is 3.83. The molecule has 0 saturated carbocycles. The number of hydrazine groups is 1. The van der Waals surface area contributed by atoms with Crippen LogP contribution in [0.2, 0.25) is 0 Å². The molecule has 0 aliphatic heterocycles. The molecule has 0 spiro atoms. The molecule has 90 valence electrons. The van der Waals surface area contributed by atoms with Crippen LogP contribution in [-0.2, 0) is 6.42 Å². The zero-order chi connectivity index (χ0) is 12.3. The molecule has 2 rings (SSSR count). The highest BCUT2D eigenvalue weighted by molar-refractivity contribution is 6.99. The van der Waals surface area contributed by atoms with E-state index in [0.29, 0.717) is 0 Å². The van der Waals surface area contributed by atoms with Gasteiger partial charge in [-0.05, 0) is 37.0 Å². The standard InChI is InChI=1S/C12H16N4S/c1-8-3-4-10(5-9(8)2)6-11(15-13)12-7-14-17-16-12/h3-5,7,11,15H,6,13H2,1-2H3. The molecule has 1 aromatic heterocycles. The Bertz CT molecular complexity index is 481. The van der Waals surface area contributed by atoms with Crippen LogP contribution in [0.15, 0.2) is 24.4 Å². The average molecular weight is 248 g/mol. The number of aromatic nitrogens is 2. The van der Waals surface area contributed by atoms with Crippen LogP contribution < -0.4 is 11.3 Å². The first kappa shape index (κ1) is 12.2. The lowest BCUT2D eigenvalue weighted by atomic mass is 10.00. The van der Waals surface area contributed by atoms with Gasteiger partial charge < -0.3 is 0 Å². The van der Waals surface area contributed by atoms with E-state index in [1.807, 2.05) is 0 Å². The number of nitrogens with two attached hydrogens (primary N) is 1. The summed E-state index contributed by atoms with van der Waals surface area (Å²) in [5.41, 5.74) is 7.55. The lowest BCUT2D eigenvalue weighted by molar-refractivity contribution is 0.542. The summed E-state index contributed by atoms with van der Waals surface area (Å²) in [5, 5.41) is 0. The molecular formula is C12H16N4S. The SMILES string of the molecule is Cc1ccc(CC(NN)c2cnsn2)cc1C. The van der Waals surface area contributed by atoms with Gasteiger partial charge in [-0.2, -0.15) is 8.75 Å². The normalized spacial score (nSPS) is 12.6. The molecule has 1 aromatic carbocycles. The van der Waals surface area contributed by atoms with E-state index in [1.54, 1.807) is 6.20 Å². The highest BCUT2D eigenvalue weighted by atomic mass is 32.1. The second-order valence-electron chi connectivity index (χ2n) is 4.17. The maximum atomic E-state index is 5.57. The molecule has 17 heavy (non-hydrogen) atoms. The van der Waals surface area contributed by atoms with Crippen LogP contribution in [0.1, 0.15) is 28.4 Å². The summed E-state index contributed by atoms with van der Waals surface area (Å²) in [4.78, 5) is 0. The number of nitrogens with one attached hydrogen (secondary N) is 1. The lowest BCUT2D eigenvalue weighted by Crippen LogP contribution is -2.29. The first-order valence-electron chi connectivity index (χ1n) is 5.50. The third kappa shape index (κ3) is 2.88. The van der Waals surface area contributed by atoms with Crippen molar-refractivity contribution in [3.63, 3.8) is 0 Å². The Morgan fingerprint density at radius 3 is 2.76 bits per heavy atom. The van der Waals surface area contributed by atoms with Gasteiger partial charge >= 0.3 is 0 Å². The Hall–Kier alpha value is -1.30. The van der Waals surface area contributed by atoms with Crippen molar-refractivity contribution in [3.8, 4) is 0 Å². The number of benzene rings is 1. The number of nitrogens with zero attached hydrogens (tertiary/aromatic N) is 2. The molecule has 1 unspecified atom stereocenters. The van der Waals surface area contributed by atoms with Crippen molar-refractivity contribution in [2.45, 2.75) is 26.3 Å². The zero-order valence-electron chi connectivity index (χ0n) is 9.97. The largest absolute Gasteiger partial charge is 0.271 e. The van der Waals surface area contributed by atoms with Gasteiger partial charge in [0.25, 0.3) is 0 Å². The van der Waals surface area contributed by atoms with Gasteiger partial charge in [0.2, 0.25) is 0 Å². The quantitative estimate of drug-likeness (QED) is 0.641. The van der Waals surface area contributed by atoms with Gasteiger partial charge in [-0.15, -0.1) is 0 Å². The molecule has 2 aromatic rings. The van der Waals surface area contributed by atoms with E-state index >= 15 is 0 Å². The van der Waals surface area contributed by atoms with Crippen LogP contribution in [0.5, 0.6) is 0 Å². The maximum absolute atomic E-state index is 5.57. The molecule has 0 saturated heterocycles. The monoisotopic (exact) mass is 248 g/mol. The molecule has 4 nitrogen and oxygen atoms in total. The van der Waals surface area contributed by atoms with Crippen LogP contribution in [0.3, 0.4) is 0 Å². The summed E-state index contributed by atoms with van der Waals surface area (Å²) >= 11 is 1.20. The minimum absolute atomic E-state index is 0.0239. The summed E-state index contributed by atoms with van der Waals surface area (Å²) in [5.74, 6) is 5.57. The van der Waals surface area contributed by atoms with Gasteiger partial charge in [0.1, 0.15) is 0 Å². The topological polar surface area (TPSA) is 63.8 Å². The van der Waals surface area contributed by atoms with E-state index in [4.69, 9.17) is 5.84 Å². The van der Waals surface area contributed by atoms with Crippen LogP contribution in [-0.4, -0.2) is 8.75 Å². The third-order valence-corrected chi connectivity index (χ3v) is 3.44. The second-order valence-corrected chi connectivity index (χ2v) is 4.73. The number of hydrogen-bond acceptors (Lipinski definition) is 5. The molecule has 0 radical (unpaired) electrons. The minimum Gasteiger partial charge on any atom is -0.271 e. The van der Waals surface area contributed by atoms with E-state index in [9.17, 15) is 0 Å². The molecule has 0 aliphatic carbocycles. The average Bonchev–Trinajstić information content (AvgIpc) is 2.84. The molecule has 0 aliphatic rings. The van der Waals surface area contributed by atoms with Gasteiger partial charge in [0.15, 0.2) is 0 Å². The van der Waals surface area contributed by atoms with Crippen molar-refractivity contribution in [1.82, 2.24) is 14.2 Å². The molecule has 1 atom stereocenters. The molecular weight excluding hydrogens is 232 g/mol. The highest BCUT2D eigenvalue weighted by Crippen LogP contribution is 2.18. The summed E-state index contributed by atoms with van der Waals surface area (Å²) in [6, 6.07) is 6.49. The highest BCUT2D eigenvalue weighted by Gasteiger charge is 2.13. The summed E-state index contributed by atoms with van der Waals surface area (Å²) in [7, 11) is 0. The van der Waals surface area contributed by atoms with Crippen molar-refractivity contribution < 1.29 is 0 Å². The Balaban J connectivity index is 2.16. The molecule has 5 heteroatoms. The van der Waals surface area contributed by atoms with Gasteiger partial charge in [0, 0.05) is 0 Å². The molecule has 3 N–H and O–H groups in total. The zero-order valence-corrected chi connectivity index (χ0v) is 10.8. The Morgan fingerprint density at radius 2 is 2.18 bits per heavy atom.